The Bertz CT molecular complexity index is 620. The van der Waals surface area contributed by atoms with Gasteiger partial charge in [-0.25, -0.2) is 0 Å². The minimum atomic E-state index is -4.49. The van der Waals surface area contributed by atoms with Crippen LogP contribution in [0.25, 0.3) is 0 Å². The Kier molecular flexibility index (Phi) is 5.51. The number of anilines is 1. The van der Waals surface area contributed by atoms with E-state index in [-0.39, 0.29) is 23.0 Å². The van der Waals surface area contributed by atoms with Crippen LogP contribution in [0.5, 0.6) is 0 Å². The summed E-state index contributed by atoms with van der Waals surface area (Å²) in [5.41, 5.74) is -0.217. The zero-order valence-electron chi connectivity index (χ0n) is 13.7. The molecule has 132 valence electrons. The smallest absolute Gasteiger partial charge is 0.416 e. The highest BCUT2D eigenvalue weighted by Gasteiger charge is 2.34. The molecule has 7 heteroatoms. The summed E-state index contributed by atoms with van der Waals surface area (Å²) in [5.74, 6) is -0.437. The standard InChI is InChI=1S/C17H20F3NO3/c1-3-24-16(23)12-4-6-21(7-5-12)15-8-11(2)14(17(18,19)20)9-13(15)10-22/h8-10,12H,3-7H2,1-2H3. The average Bonchev–Trinajstić information content (AvgIpc) is 2.54. The van der Waals surface area contributed by atoms with E-state index in [1.54, 1.807) is 6.92 Å². The van der Waals surface area contributed by atoms with Crippen LogP contribution in [0.15, 0.2) is 12.1 Å². The Labute approximate surface area is 138 Å². The summed E-state index contributed by atoms with van der Waals surface area (Å²) in [4.78, 5) is 24.9. The fraction of sp³-hybridized carbons (Fsp3) is 0.529. The molecule has 0 aromatic heterocycles. The Morgan fingerprint density at radius 3 is 2.46 bits per heavy atom. The summed E-state index contributed by atoms with van der Waals surface area (Å²) in [5, 5.41) is 0. The maximum atomic E-state index is 13.0. The first kappa shape index (κ1) is 18.3. The molecular formula is C17H20F3NO3. The molecule has 0 radical (unpaired) electrons. The van der Waals surface area contributed by atoms with Crippen LogP contribution >= 0.6 is 0 Å². The van der Waals surface area contributed by atoms with Gasteiger partial charge in [-0.1, -0.05) is 0 Å². The predicted molar refractivity (Wildman–Crippen MR) is 83.1 cm³/mol. The van der Waals surface area contributed by atoms with Crippen LogP contribution in [0.4, 0.5) is 18.9 Å². The summed E-state index contributed by atoms with van der Waals surface area (Å²) < 4.78 is 43.9. The molecule has 2 rings (SSSR count). The molecule has 1 fully saturated rings. The third-order valence-corrected chi connectivity index (χ3v) is 4.26. The van der Waals surface area contributed by atoms with Crippen LogP contribution in [-0.2, 0) is 15.7 Å². The molecule has 1 saturated heterocycles. The van der Waals surface area contributed by atoms with Gasteiger partial charge in [-0.2, -0.15) is 13.2 Å². The Hall–Kier alpha value is -2.05. The lowest BCUT2D eigenvalue weighted by Crippen LogP contribution is -2.37. The molecule has 0 aliphatic carbocycles. The molecule has 1 heterocycles. The summed E-state index contributed by atoms with van der Waals surface area (Å²) in [6, 6.07) is 2.30. The summed E-state index contributed by atoms with van der Waals surface area (Å²) >= 11 is 0. The van der Waals surface area contributed by atoms with Crippen LogP contribution in [0.3, 0.4) is 0 Å². The van der Waals surface area contributed by atoms with Gasteiger partial charge < -0.3 is 9.64 Å². The van der Waals surface area contributed by atoms with Gasteiger partial charge in [0.05, 0.1) is 18.1 Å². The lowest BCUT2D eigenvalue weighted by Gasteiger charge is -2.33. The largest absolute Gasteiger partial charge is 0.466 e. The van der Waals surface area contributed by atoms with Crippen LogP contribution in [-0.4, -0.2) is 32.0 Å². The minimum Gasteiger partial charge on any atom is -0.466 e. The number of hydrogen-bond donors (Lipinski definition) is 0. The highest BCUT2D eigenvalue weighted by Crippen LogP contribution is 2.36. The third kappa shape index (κ3) is 3.88. The highest BCUT2D eigenvalue weighted by molar-refractivity contribution is 5.86. The number of nitrogens with zero attached hydrogens (tertiary/aromatic N) is 1. The van der Waals surface area contributed by atoms with Gasteiger partial charge >= 0.3 is 12.1 Å². The maximum absolute atomic E-state index is 13.0. The van der Waals surface area contributed by atoms with Gasteiger partial charge in [0.15, 0.2) is 6.29 Å². The van der Waals surface area contributed by atoms with Gasteiger partial charge in [-0.15, -0.1) is 0 Å². The van der Waals surface area contributed by atoms with E-state index in [9.17, 15) is 22.8 Å². The lowest BCUT2D eigenvalue weighted by molar-refractivity contribution is -0.148. The molecule has 1 aliphatic rings. The van der Waals surface area contributed by atoms with Crippen LogP contribution in [0, 0.1) is 12.8 Å². The van der Waals surface area contributed by atoms with Crippen molar-refractivity contribution < 1.29 is 27.5 Å². The Balaban J connectivity index is 2.20. The molecule has 0 bridgehead atoms. The van der Waals surface area contributed by atoms with E-state index in [1.165, 1.54) is 13.0 Å². The number of benzene rings is 1. The van der Waals surface area contributed by atoms with E-state index in [2.05, 4.69) is 0 Å². The average molecular weight is 343 g/mol. The molecule has 0 unspecified atom stereocenters. The van der Waals surface area contributed by atoms with Gasteiger partial charge in [0.25, 0.3) is 0 Å². The molecule has 1 aromatic carbocycles. The molecule has 24 heavy (non-hydrogen) atoms. The number of rotatable bonds is 4. The number of carbonyl (C=O) groups excluding carboxylic acids is 2. The fourth-order valence-corrected chi connectivity index (χ4v) is 3.00. The second-order valence-electron chi connectivity index (χ2n) is 5.85. The Morgan fingerprint density at radius 2 is 1.96 bits per heavy atom. The second kappa shape index (κ2) is 7.23. The molecule has 1 aliphatic heterocycles. The van der Waals surface area contributed by atoms with E-state index in [1.807, 2.05) is 4.90 Å². The summed E-state index contributed by atoms with van der Waals surface area (Å²) in [6.45, 7) is 4.44. The summed E-state index contributed by atoms with van der Waals surface area (Å²) in [7, 11) is 0. The van der Waals surface area contributed by atoms with Gasteiger partial charge in [0.1, 0.15) is 0 Å². The molecular weight excluding hydrogens is 323 g/mol. The van der Waals surface area contributed by atoms with Gasteiger partial charge in [0, 0.05) is 24.3 Å². The van der Waals surface area contributed by atoms with Crippen molar-refractivity contribution in [3.63, 3.8) is 0 Å². The maximum Gasteiger partial charge on any atom is 0.416 e. The SMILES string of the molecule is CCOC(=O)C1CCN(c2cc(C)c(C(F)(F)F)cc2C=O)CC1. The minimum absolute atomic E-state index is 0.0162. The second-order valence-corrected chi connectivity index (χ2v) is 5.85. The summed E-state index contributed by atoms with van der Waals surface area (Å²) in [6.07, 6.45) is -2.94. The third-order valence-electron chi connectivity index (χ3n) is 4.26. The fourth-order valence-electron chi connectivity index (χ4n) is 3.00. The molecule has 0 saturated carbocycles. The van der Waals surface area contributed by atoms with E-state index in [0.717, 1.165) is 6.07 Å². The number of halogens is 3. The predicted octanol–water partition coefficient (Wildman–Crippen LogP) is 3.61. The van der Waals surface area contributed by atoms with Crippen molar-refractivity contribution in [1.29, 1.82) is 0 Å². The quantitative estimate of drug-likeness (QED) is 0.619. The van der Waals surface area contributed by atoms with Crippen molar-refractivity contribution in [2.45, 2.75) is 32.9 Å². The van der Waals surface area contributed by atoms with Crippen molar-refractivity contribution >= 4 is 17.9 Å². The lowest BCUT2D eigenvalue weighted by atomic mass is 9.95. The highest BCUT2D eigenvalue weighted by atomic mass is 19.4. The molecule has 4 nitrogen and oxygen atoms in total. The first-order valence-electron chi connectivity index (χ1n) is 7.86. The van der Waals surface area contributed by atoms with Gasteiger partial charge in [-0.05, 0) is 44.4 Å². The molecule has 0 atom stereocenters. The van der Waals surface area contributed by atoms with E-state index >= 15 is 0 Å². The van der Waals surface area contributed by atoms with Gasteiger partial charge in [0.2, 0.25) is 0 Å². The zero-order valence-corrected chi connectivity index (χ0v) is 13.7. The number of piperidine rings is 1. The number of aryl methyl sites for hydroxylation is 1. The van der Waals surface area contributed by atoms with Crippen LogP contribution in [0.1, 0.15) is 41.3 Å². The van der Waals surface area contributed by atoms with Crippen LogP contribution in [0.2, 0.25) is 0 Å². The molecule has 0 spiro atoms. The number of carbonyl (C=O) groups is 2. The molecule has 0 N–H and O–H groups in total. The van der Waals surface area contributed by atoms with Gasteiger partial charge in [-0.3, -0.25) is 9.59 Å². The number of esters is 1. The van der Waals surface area contributed by atoms with E-state index < -0.39 is 11.7 Å². The van der Waals surface area contributed by atoms with Crippen molar-refractivity contribution in [2.24, 2.45) is 5.92 Å². The van der Waals surface area contributed by atoms with E-state index in [0.29, 0.717) is 44.5 Å². The first-order valence-corrected chi connectivity index (χ1v) is 7.86. The van der Waals surface area contributed by atoms with E-state index in [4.69, 9.17) is 4.74 Å². The van der Waals surface area contributed by atoms with Crippen molar-refractivity contribution in [2.75, 3.05) is 24.6 Å². The number of aldehydes is 1. The number of hydrogen-bond acceptors (Lipinski definition) is 4. The number of alkyl halides is 3. The topological polar surface area (TPSA) is 46.6 Å². The zero-order chi connectivity index (χ0) is 17.9. The Morgan fingerprint density at radius 1 is 1.33 bits per heavy atom. The molecule has 0 amide bonds. The van der Waals surface area contributed by atoms with Crippen LogP contribution < -0.4 is 4.90 Å². The number of ether oxygens (including phenoxy) is 1. The van der Waals surface area contributed by atoms with Crippen molar-refractivity contribution in [1.82, 2.24) is 0 Å². The monoisotopic (exact) mass is 343 g/mol. The van der Waals surface area contributed by atoms with Crippen molar-refractivity contribution in [3.05, 3.63) is 28.8 Å². The molecule has 1 aromatic rings. The first-order chi connectivity index (χ1) is 11.3. The van der Waals surface area contributed by atoms with Crippen molar-refractivity contribution in [3.8, 4) is 0 Å². The normalized spacial score (nSPS) is 16.1.